The van der Waals surface area contributed by atoms with E-state index in [0.717, 1.165) is 22.0 Å². The van der Waals surface area contributed by atoms with Crippen LogP contribution < -0.4 is 16.1 Å². The van der Waals surface area contributed by atoms with E-state index in [0.29, 0.717) is 5.69 Å². The molecule has 3 aromatic carbocycles. The maximum atomic E-state index is 13.2. The van der Waals surface area contributed by atoms with Crippen molar-refractivity contribution in [2.45, 2.75) is 19.4 Å². The Bertz CT molecular complexity index is 1330. The molecule has 1 aromatic heterocycles. The molecule has 0 aliphatic rings. The second kappa shape index (κ2) is 10.0. The number of fused-ring (bicyclic) bond motifs is 1. The van der Waals surface area contributed by atoms with E-state index in [1.807, 2.05) is 61.7 Å². The average Bonchev–Trinajstić information content (AvgIpc) is 3.27. The van der Waals surface area contributed by atoms with E-state index in [9.17, 15) is 14.4 Å². The topological polar surface area (TPSA) is 123 Å². The van der Waals surface area contributed by atoms with Crippen molar-refractivity contribution in [2.75, 3.05) is 5.32 Å². The van der Waals surface area contributed by atoms with Crippen molar-refractivity contribution in [3.05, 3.63) is 101 Å². The minimum atomic E-state index is -0.853. The fraction of sp³-hybridized carbons (Fsp3) is 0.115. The number of amides is 3. The molecule has 0 aliphatic heterocycles. The highest BCUT2D eigenvalue weighted by molar-refractivity contribution is 6.02. The molecule has 0 fully saturated rings. The lowest BCUT2D eigenvalue weighted by atomic mass is 10.0. The quantitative estimate of drug-likeness (QED) is 0.215. The van der Waals surface area contributed by atoms with E-state index in [2.05, 4.69) is 15.6 Å². The Morgan fingerprint density at radius 1 is 0.882 bits per heavy atom. The van der Waals surface area contributed by atoms with E-state index < -0.39 is 17.9 Å². The summed E-state index contributed by atoms with van der Waals surface area (Å²) in [5.74, 6) is -1.49. The molecule has 8 nitrogen and oxygen atoms in total. The molecule has 172 valence electrons. The van der Waals surface area contributed by atoms with Gasteiger partial charge in [0.05, 0.1) is 0 Å². The number of H-pyrrole nitrogens is 1. The normalized spacial score (nSPS) is 11.6. The number of hydroxylamine groups is 1. The summed E-state index contributed by atoms with van der Waals surface area (Å²) in [6.45, 7) is 1.96. The van der Waals surface area contributed by atoms with Crippen molar-refractivity contribution < 1.29 is 19.6 Å². The average molecular weight is 457 g/mol. The number of carbonyl (C=O) groups is 3. The van der Waals surface area contributed by atoms with Crippen LogP contribution >= 0.6 is 0 Å². The third-order valence-electron chi connectivity index (χ3n) is 5.55. The lowest BCUT2D eigenvalue weighted by Crippen LogP contribution is -2.45. The van der Waals surface area contributed by atoms with Crippen LogP contribution in [-0.2, 0) is 11.2 Å². The van der Waals surface area contributed by atoms with Gasteiger partial charge in [0, 0.05) is 40.3 Å². The first kappa shape index (κ1) is 22.8. The molecule has 4 aromatic rings. The highest BCUT2D eigenvalue weighted by Gasteiger charge is 2.23. The number of rotatable bonds is 7. The van der Waals surface area contributed by atoms with Crippen LogP contribution in [0.1, 0.15) is 31.8 Å². The number of para-hydroxylation sites is 1. The van der Waals surface area contributed by atoms with Crippen molar-refractivity contribution in [3.8, 4) is 0 Å². The van der Waals surface area contributed by atoms with Gasteiger partial charge in [-0.15, -0.1) is 0 Å². The zero-order valence-corrected chi connectivity index (χ0v) is 18.5. The van der Waals surface area contributed by atoms with Crippen LogP contribution in [0.25, 0.3) is 10.9 Å². The van der Waals surface area contributed by atoms with Crippen LogP contribution in [-0.4, -0.2) is 34.0 Å². The molecule has 1 unspecified atom stereocenters. The number of hydrogen-bond donors (Lipinski definition) is 5. The van der Waals surface area contributed by atoms with E-state index in [-0.39, 0.29) is 23.5 Å². The fourth-order valence-electron chi connectivity index (χ4n) is 3.68. The Labute approximate surface area is 196 Å². The predicted octanol–water partition coefficient (Wildman–Crippen LogP) is 3.58. The molecule has 4 rings (SSSR count). The summed E-state index contributed by atoms with van der Waals surface area (Å²) in [5, 5.41) is 15.4. The zero-order chi connectivity index (χ0) is 24.1. The molecule has 0 aliphatic carbocycles. The van der Waals surface area contributed by atoms with Gasteiger partial charge in [-0.05, 0) is 55.0 Å². The lowest BCUT2D eigenvalue weighted by molar-refractivity contribution is -0.118. The minimum absolute atomic E-state index is 0.200. The van der Waals surface area contributed by atoms with E-state index in [4.69, 9.17) is 5.21 Å². The summed E-state index contributed by atoms with van der Waals surface area (Å²) in [7, 11) is 0. The fourth-order valence-corrected chi connectivity index (χ4v) is 3.68. The lowest BCUT2D eigenvalue weighted by Gasteiger charge is -2.19. The smallest absolute Gasteiger partial charge is 0.274 e. The Morgan fingerprint density at radius 3 is 2.21 bits per heavy atom. The molecule has 0 bridgehead atoms. The highest BCUT2D eigenvalue weighted by Crippen LogP contribution is 2.20. The van der Waals surface area contributed by atoms with Crippen LogP contribution in [0.4, 0.5) is 5.69 Å². The van der Waals surface area contributed by atoms with Gasteiger partial charge in [0.2, 0.25) is 5.91 Å². The number of anilines is 1. The summed E-state index contributed by atoms with van der Waals surface area (Å²) in [6.07, 6.45) is 2.11. The van der Waals surface area contributed by atoms with Gasteiger partial charge in [0.15, 0.2) is 0 Å². The Hall–Kier alpha value is -4.43. The molecule has 34 heavy (non-hydrogen) atoms. The number of carbonyl (C=O) groups excluding carboxylic acids is 3. The first-order chi connectivity index (χ1) is 16.4. The van der Waals surface area contributed by atoms with Crippen LogP contribution in [0.2, 0.25) is 0 Å². The van der Waals surface area contributed by atoms with E-state index >= 15 is 0 Å². The number of hydrogen-bond acceptors (Lipinski definition) is 4. The predicted molar refractivity (Wildman–Crippen MR) is 129 cm³/mol. The van der Waals surface area contributed by atoms with E-state index in [1.54, 1.807) is 5.48 Å². The number of nitrogens with one attached hydrogen (secondary N) is 4. The summed E-state index contributed by atoms with van der Waals surface area (Å²) >= 11 is 0. The Morgan fingerprint density at radius 2 is 1.53 bits per heavy atom. The van der Waals surface area contributed by atoms with Gasteiger partial charge in [-0.2, -0.15) is 0 Å². The van der Waals surface area contributed by atoms with Gasteiger partial charge in [-0.25, -0.2) is 5.48 Å². The largest absolute Gasteiger partial charge is 0.361 e. The number of benzene rings is 3. The second-order valence-corrected chi connectivity index (χ2v) is 7.96. The third kappa shape index (κ3) is 5.13. The van der Waals surface area contributed by atoms with Crippen molar-refractivity contribution in [2.24, 2.45) is 0 Å². The molecule has 1 atom stereocenters. The van der Waals surface area contributed by atoms with Gasteiger partial charge in [-0.1, -0.05) is 35.9 Å². The van der Waals surface area contributed by atoms with E-state index in [1.165, 1.54) is 24.3 Å². The maximum absolute atomic E-state index is 13.2. The second-order valence-electron chi connectivity index (χ2n) is 7.96. The summed E-state index contributed by atoms with van der Waals surface area (Å²) in [6, 6.07) is 20.1. The summed E-state index contributed by atoms with van der Waals surface area (Å²) in [5.41, 5.74) is 5.57. The van der Waals surface area contributed by atoms with Crippen LogP contribution in [0.5, 0.6) is 0 Å². The molecule has 8 heteroatoms. The molecule has 3 amide bonds. The zero-order valence-electron chi connectivity index (χ0n) is 18.5. The maximum Gasteiger partial charge on any atom is 0.274 e. The van der Waals surface area contributed by atoms with Crippen molar-refractivity contribution >= 4 is 34.3 Å². The summed E-state index contributed by atoms with van der Waals surface area (Å²) in [4.78, 5) is 40.9. The monoisotopic (exact) mass is 456 g/mol. The third-order valence-corrected chi connectivity index (χ3v) is 5.55. The molecular formula is C26H24N4O4. The molecular weight excluding hydrogens is 432 g/mol. The first-order valence-electron chi connectivity index (χ1n) is 10.7. The van der Waals surface area contributed by atoms with Crippen LogP contribution in [0.15, 0.2) is 79.0 Å². The van der Waals surface area contributed by atoms with Crippen molar-refractivity contribution in [1.82, 2.24) is 15.8 Å². The highest BCUT2D eigenvalue weighted by atomic mass is 16.5. The van der Waals surface area contributed by atoms with Gasteiger partial charge < -0.3 is 15.6 Å². The van der Waals surface area contributed by atoms with Gasteiger partial charge >= 0.3 is 0 Å². The van der Waals surface area contributed by atoms with Gasteiger partial charge in [0.1, 0.15) is 6.04 Å². The van der Waals surface area contributed by atoms with Crippen LogP contribution in [0.3, 0.4) is 0 Å². The Kier molecular flexibility index (Phi) is 6.70. The molecule has 0 radical (unpaired) electrons. The SMILES string of the molecule is Cc1ccc(NC(=O)C(Cc2c[nH]c3ccccc23)NC(=O)c2ccc(C(=O)NO)cc2)cc1. The number of aromatic nitrogens is 1. The van der Waals surface area contributed by atoms with Gasteiger partial charge in [-0.3, -0.25) is 19.6 Å². The van der Waals surface area contributed by atoms with Crippen LogP contribution in [0, 0.1) is 6.92 Å². The molecule has 0 saturated heterocycles. The molecule has 0 spiro atoms. The standard InChI is InChI=1S/C26H24N4O4/c1-16-6-12-20(13-7-16)28-26(33)23(14-19-15-27-22-5-3-2-4-21(19)22)29-24(31)17-8-10-18(11-9-17)25(32)30-34/h2-13,15,23,27,34H,14H2,1H3,(H,28,33)(H,29,31)(H,30,32). The Balaban J connectivity index is 1.57. The van der Waals surface area contributed by atoms with Crippen molar-refractivity contribution in [3.63, 3.8) is 0 Å². The number of aromatic amines is 1. The summed E-state index contributed by atoms with van der Waals surface area (Å²) < 4.78 is 0. The van der Waals surface area contributed by atoms with Gasteiger partial charge in [0.25, 0.3) is 11.8 Å². The minimum Gasteiger partial charge on any atom is -0.361 e. The molecule has 1 heterocycles. The molecule has 5 N–H and O–H groups in total. The van der Waals surface area contributed by atoms with Crippen molar-refractivity contribution in [1.29, 1.82) is 0 Å². The molecule has 0 saturated carbocycles. The number of aryl methyl sites for hydroxylation is 1. The first-order valence-corrected chi connectivity index (χ1v) is 10.7.